The van der Waals surface area contributed by atoms with Crippen molar-refractivity contribution in [2.45, 2.75) is 65.3 Å². The number of hydrogen-bond acceptors (Lipinski definition) is 4. The Balaban J connectivity index is 1.68. The number of rotatable bonds is 8. The summed E-state index contributed by atoms with van der Waals surface area (Å²) < 4.78 is 5.43. The lowest BCUT2D eigenvalue weighted by Gasteiger charge is -2.24. The topological polar surface area (TPSA) is 53.6 Å². The van der Waals surface area contributed by atoms with E-state index in [9.17, 15) is 4.79 Å². The van der Waals surface area contributed by atoms with Gasteiger partial charge in [0.1, 0.15) is 5.75 Å². The van der Waals surface area contributed by atoms with E-state index in [-0.39, 0.29) is 24.0 Å². The van der Waals surface area contributed by atoms with Crippen molar-refractivity contribution in [3.05, 3.63) is 64.7 Å². The second-order valence-corrected chi connectivity index (χ2v) is 8.58. The third kappa shape index (κ3) is 5.41. The van der Waals surface area contributed by atoms with Crippen LogP contribution in [0.15, 0.2) is 42.5 Å². The van der Waals surface area contributed by atoms with Gasteiger partial charge in [-0.25, -0.2) is 0 Å². The summed E-state index contributed by atoms with van der Waals surface area (Å²) in [6.07, 6.45) is 0.819. The number of ether oxygens (including phenoxy) is 1. The highest BCUT2D eigenvalue weighted by atomic mass is 16.5. The molecule has 0 aliphatic carbocycles. The van der Waals surface area contributed by atoms with Gasteiger partial charge in [-0.15, -0.1) is 0 Å². The molecule has 5 nitrogen and oxygen atoms in total. The van der Waals surface area contributed by atoms with Gasteiger partial charge in [0.05, 0.1) is 13.2 Å². The molecule has 0 spiro atoms. The van der Waals surface area contributed by atoms with Crippen molar-refractivity contribution in [3.63, 3.8) is 0 Å². The number of hydrogen-bond donors (Lipinski definition) is 2. The van der Waals surface area contributed by atoms with E-state index in [1.165, 1.54) is 22.3 Å². The van der Waals surface area contributed by atoms with Gasteiger partial charge in [0.2, 0.25) is 5.91 Å². The van der Waals surface area contributed by atoms with Crippen LogP contribution in [0, 0.1) is 13.8 Å². The maximum Gasteiger partial charge on any atom is 0.237 e. The molecule has 0 aromatic heterocycles. The van der Waals surface area contributed by atoms with Crippen molar-refractivity contribution in [1.29, 1.82) is 0 Å². The lowest BCUT2D eigenvalue weighted by molar-refractivity contribution is -0.126. The van der Waals surface area contributed by atoms with Gasteiger partial charge in [-0.2, -0.15) is 0 Å². The van der Waals surface area contributed by atoms with Crippen molar-refractivity contribution in [2.24, 2.45) is 0 Å². The van der Waals surface area contributed by atoms with E-state index in [0.29, 0.717) is 0 Å². The van der Waals surface area contributed by atoms with Crippen molar-refractivity contribution in [1.82, 2.24) is 15.5 Å². The van der Waals surface area contributed by atoms with Gasteiger partial charge in [0, 0.05) is 31.7 Å². The summed E-state index contributed by atoms with van der Waals surface area (Å²) in [5.41, 5.74) is 4.96. The molecule has 162 valence electrons. The van der Waals surface area contributed by atoms with Crippen molar-refractivity contribution in [2.75, 3.05) is 13.7 Å². The van der Waals surface area contributed by atoms with Crippen LogP contribution in [0.25, 0.3) is 0 Å². The minimum atomic E-state index is -0.108. The van der Waals surface area contributed by atoms with Gasteiger partial charge < -0.3 is 15.4 Å². The molecule has 0 unspecified atom stereocenters. The van der Waals surface area contributed by atoms with E-state index >= 15 is 0 Å². The van der Waals surface area contributed by atoms with Gasteiger partial charge in [-0.3, -0.25) is 9.69 Å². The number of methoxy groups -OCH3 is 1. The maximum absolute atomic E-state index is 12.9. The third-order valence-electron chi connectivity index (χ3n) is 6.02. The average Bonchev–Trinajstić information content (AvgIpc) is 3.12. The fourth-order valence-corrected chi connectivity index (χ4v) is 4.22. The Labute approximate surface area is 180 Å². The Morgan fingerprint density at radius 1 is 1.13 bits per heavy atom. The molecule has 1 amide bonds. The summed E-state index contributed by atoms with van der Waals surface area (Å²) in [6.45, 7) is 10.7. The lowest BCUT2D eigenvalue weighted by Crippen LogP contribution is -2.45. The predicted octanol–water partition coefficient (Wildman–Crippen LogP) is 3.57. The van der Waals surface area contributed by atoms with Crippen LogP contribution < -0.4 is 15.4 Å². The summed E-state index contributed by atoms with van der Waals surface area (Å²) >= 11 is 0. The van der Waals surface area contributed by atoms with Crippen LogP contribution in [-0.4, -0.2) is 42.6 Å². The molecule has 3 rings (SSSR count). The van der Waals surface area contributed by atoms with Crippen LogP contribution in [-0.2, 0) is 17.9 Å². The SMILES string of the molecule is COc1ccc(CN[C@@H]2C[C@@H](C(=O)NC(C)C)N(Cc3ccccc3)C2)c(C)c1C. The van der Waals surface area contributed by atoms with Crippen LogP contribution >= 0.6 is 0 Å². The summed E-state index contributed by atoms with van der Waals surface area (Å²) in [7, 11) is 1.71. The quantitative estimate of drug-likeness (QED) is 0.700. The molecular formula is C25H35N3O2. The largest absolute Gasteiger partial charge is 0.496 e. The maximum atomic E-state index is 12.9. The first-order valence-electron chi connectivity index (χ1n) is 10.8. The van der Waals surface area contributed by atoms with Gasteiger partial charge >= 0.3 is 0 Å². The molecular weight excluding hydrogens is 374 g/mol. The molecule has 1 aliphatic rings. The number of carbonyl (C=O) groups is 1. The van der Waals surface area contributed by atoms with Crippen molar-refractivity contribution >= 4 is 5.91 Å². The molecule has 2 aromatic rings. The molecule has 1 heterocycles. The minimum absolute atomic E-state index is 0.108. The van der Waals surface area contributed by atoms with Crippen molar-refractivity contribution < 1.29 is 9.53 Å². The zero-order chi connectivity index (χ0) is 21.7. The van der Waals surface area contributed by atoms with Gasteiger partial charge in [-0.05, 0) is 62.4 Å². The van der Waals surface area contributed by atoms with Crippen LogP contribution in [0.4, 0.5) is 0 Å². The normalized spacial score (nSPS) is 19.3. The van der Waals surface area contributed by atoms with E-state index in [2.05, 4.69) is 59.7 Å². The molecule has 5 heteroatoms. The first-order valence-corrected chi connectivity index (χ1v) is 10.8. The molecule has 0 radical (unpaired) electrons. The van der Waals surface area contributed by atoms with E-state index < -0.39 is 0 Å². The van der Waals surface area contributed by atoms with Crippen LogP contribution in [0.5, 0.6) is 5.75 Å². The highest BCUT2D eigenvalue weighted by molar-refractivity contribution is 5.82. The predicted molar refractivity (Wildman–Crippen MR) is 122 cm³/mol. The first-order chi connectivity index (χ1) is 14.4. The summed E-state index contributed by atoms with van der Waals surface area (Å²) in [5, 5.41) is 6.80. The van der Waals surface area contributed by atoms with E-state index in [1.807, 2.05) is 26.0 Å². The van der Waals surface area contributed by atoms with E-state index in [4.69, 9.17) is 4.74 Å². The lowest BCUT2D eigenvalue weighted by atomic mass is 10.0. The molecule has 2 N–H and O–H groups in total. The second-order valence-electron chi connectivity index (χ2n) is 8.58. The molecule has 30 heavy (non-hydrogen) atoms. The van der Waals surface area contributed by atoms with Gasteiger partial charge in [0.15, 0.2) is 0 Å². The Hall–Kier alpha value is -2.37. The molecule has 0 bridgehead atoms. The van der Waals surface area contributed by atoms with Crippen LogP contribution in [0.3, 0.4) is 0 Å². The molecule has 1 saturated heterocycles. The number of nitrogens with one attached hydrogen (secondary N) is 2. The number of nitrogens with zero attached hydrogens (tertiary/aromatic N) is 1. The number of benzene rings is 2. The summed E-state index contributed by atoms with van der Waals surface area (Å²) in [5.74, 6) is 1.05. The third-order valence-corrected chi connectivity index (χ3v) is 6.02. The van der Waals surface area contributed by atoms with Crippen LogP contribution in [0.1, 0.15) is 42.5 Å². The van der Waals surface area contributed by atoms with E-state index in [0.717, 1.165) is 31.8 Å². The van der Waals surface area contributed by atoms with Gasteiger partial charge in [0.25, 0.3) is 0 Å². The zero-order valence-electron chi connectivity index (χ0n) is 18.9. The minimum Gasteiger partial charge on any atom is -0.496 e. The summed E-state index contributed by atoms with van der Waals surface area (Å²) in [4.78, 5) is 15.2. The fourth-order valence-electron chi connectivity index (χ4n) is 4.22. The monoisotopic (exact) mass is 409 g/mol. The smallest absolute Gasteiger partial charge is 0.237 e. The van der Waals surface area contributed by atoms with Gasteiger partial charge in [-0.1, -0.05) is 36.4 Å². The average molecular weight is 410 g/mol. The standard InChI is InChI=1S/C25H35N3O2/c1-17(2)27-25(29)23-13-22(16-28(23)15-20-9-7-6-8-10-20)26-14-21-11-12-24(30-5)19(4)18(21)3/h6-12,17,22-23,26H,13-16H2,1-5H3,(H,27,29)/t22-,23+/m1/s1. The van der Waals surface area contributed by atoms with Crippen LogP contribution in [0.2, 0.25) is 0 Å². The zero-order valence-corrected chi connectivity index (χ0v) is 18.9. The first kappa shape index (κ1) is 22.3. The number of carbonyl (C=O) groups excluding carboxylic acids is 1. The molecule has 2 atom stereocenters. The highest BCUT2D eigenvalue weighted by Crippen LogP contribution is 2.25. The number of likely N-dealkylation sites (tertiary alicyclic amines) is 1. The molecule has 1 fully saturated rings. The second kappa shape index (κ2) is 10.1. The Kier molecular flexibility index (Phi) is 7.51. The molecule has 0 saturated carbocycles. The Morgan fingerprint density at radius 2 is 1.87 bits per heavy atom. The molecule has 1 aliphatic heterocycles. The Morgan fingerprint density at radius 3 is 2.53 bits per heavy atom. The summed E-state index contributed by atoms with van der Waals surface area (Å²) in [6, 6.07) is 14.9. The molecule has 2 aromatic carbocycles. The highest BCUT2D eigenvalue weighted by Gasteiger charge is 2.36. The fraction of sp³-hybridized carbons (Fsp3) is 0.480. The van der Waals surface area contributed by atoms with E-state index in [1.54, 1.807) is 7.11 Å². The van der Waals surface area contributed by atoms with Crippen molar-refractivity contribution in [3.8, 4) is 5.75 Å². The Bertz CT molecular complexity index is 851. The number of amides is 1.